The van der Waals surface area contributed by atoms with Crippen molar-refractivity contribution in [3.05, 3.63) is 53.9 Å². The van der Waals surface area contributed by atoms with E-state index >= 15 is 0 Å². The van der Waals surface area contributed by atoms with Gasteiger partial charge in [-0.1, -0.05) is 6.07 Å². The maximum absolute atomic E-state index is 5.50. The quantitative estimate of drug-likeness (QED) is 0.703. The first-order valence-corrected chi connectivity index (χ1v) is 8.93. The molecule has 4 rings (SSSR count). The fourth-order valence-corrected chi connectivity index (χ4v) is 3.21. The summed E-state index contributed by atoms with van der Waals surface area (Å²) in [6.45, 7) is 2.69. The molecule has 1 aliphatic heterocycles. The highest BCUT2D eigenvalue weighted by molar-refractivity contribution is 5.40. The highest BCUT2D eigenvalue weighted by Gasteiger charge is 2.20. The Kier molecular flexibility index (Phi) is 5.08. The van der Waals surface area contributed by atoms with Gasteiger partial charge in [-0.25, -0.2) is 15.0 Å². The number of imidazole rings is 1. The monoisotopic (exact) mass is 353 g/mol. The van der Waals surface area contributed by atoms with Gasteiger partial charge in [0.25, 0.3) is 0 Å². The minimum Gasteiger partial charge on any atom is -0.381 e. The van der Waals surface area contributed by atoms with Crippen molar-refractivity contribution in [2.45, 2.75) is 25.4 Å². The van der Waals surface area contributed by atoms with Gasteiger partial charge in [-0.2, -0.15) is 0 Å². The van der Waals surface area contributed by atoms with E-state index < -0.39 is 0 Å². The summed E-state index contributed by atoms with van der Waals surface area (Å²) in [5, 5.41) is 3.40. The highest BCUT2D eigenvalue weighted by Crippen LogP contribution is 2.25. The van der Waals surface area contributed by atoms with Crippen molar-refractivity contribution in [3.63, 3.8) is 0 Å². The number of fused-ring (bicyclic) bond motifs is 1. The summed E-state index contributed by atoms with van der Waals surface area (Å²) in [6.07, 6.45) is 5.91. The summed E-state index contributed by atoms with van der Waals surface area (Å²) in [6, 6.07) is 8.04. The summed E-state index contributed by atoms with van der Waals surface area (Å²) in [7, 11) is 1.66. The predicted octanol–water partition coefficient (Wildman–Crippen LogP) is 2.43. The van der Waals surface area contributed by atoms with Crippen LogP contribution in [0.25, 0.3) is 5.65 Å². The number of methoxy groups -OCH3 is 1. The first-order chi connectivity index (χ1) is 12.8. The summed E-state index contributed by atoms with van der Waals surface area (Å²) < 4.78 is 12.7. The number of anilines is 1. The van der Waals surface area contributed by atoms with Crippen LogP contribution in [0.5, 0.6) is 0 Å². The second kappa shape index (κ2) is 7.80. The molecule has 3 aromatic heterocycles. The van der Waals surface area contributed by atoms with Crippen molar-refractivity contribution in [1.82, 2.24) is 19.4 Å². The molecule has 3 aromatic rings. The van der Waals surface area contributed by atoms with E-state index in [0.717, 1.165) is 55.5 Å². The molecule has 1 fully saturated rings. The van der Waals surface area contributed by atoms with E-state index in [1.165, 1.54) is 0 Å². The zero-order chi connectivity index (χ0) is 17.8. The number of ether oxygens (including phenoxy) is 2. The SMILES string of the molecule is COCc1nc(NCCc2cn3ccccc3n2)cc([C@H]2CCOC2)n1. The molecule has 1 saturated heterocycles. The van der Waals surface area contributed by atoms with Gasteiger partial charge >= 0.3 is 0 Å². The van der Waals surface area contributed by atoms with Crippen molar-refractivity contribution in [2.24, 2.45) is 0 Å². The second-order valence-corrected chi connectivity index (χ2v) is 6.46. The Morgan fingerprint density at radius 1 is 1.31 bits per heavy atom. The molecule has 1 atom stereocenters. The van der Waals surface area contributed by atoms with Crippen molar-refractivity contribution in [1.29, 1.82) is 0 Å². The van der Waals surface area contributed by atoms with Crippen LogP contribution >= 0.6 is 0 Å². The fraction of sp³-hybridized carbons (Fsp3) is 0.421. The summed E-state index contributed by atoms with van der Waals surface area (Å²) >= 11 is 0. The Morgan fingerprint density at radius 2 is 2.27 bits per heavy atom. The third kappa shape index (κ3) is 3.84. The van der Waals surface area contributed by atoms with Crippen LogP contribution in [0, 0.1) is 0 Å². The third-order valence-electron chi connectivity index (χ3n) is 4.51. The third-order valence-corrected chi connectivity index (χ3v) is 4.51. The van der Waals surface area contributed by atoms with E-state index in [2.05, 4.69) is 26.5 Å². The molecule has 1 aliphatic rings. The van der Waals surface area contributed by atoms with Gasteiger partial charge in [0.2, 0.25) is 0 Å². The van der Waals surface area contributed by atoms with Crippen LogP contribution in [-0.4, -0.2) is 46.2 Å². The normalized spacial score (nSPS) is 17.0. The van der Waals surface area contributed by atoms with E-state index in [-0.39, 0.29) is 0 Å². The number of aromatic nitrogens is 4. The van der Waals surface area contributed by atoms with E-state index in [1.54, 1.807) is 7.11 Å². The van der Waals surface area contributed by atoms with Crippen LogP contribution in [0.2, 0.25) is 0 Å². The maximum atomic E-state index is 5.50. The smallest absolute Gasteiger partial charge is 0.156 e. The van der Waals surface area contributed by atoms with Gasteiger partial charge in [0.1, 0.15) is 18.1 Å². The maximum Gasteiger partial charge on any atom is 0.156 e. The van der Waals surface area contributed by atoms with Gasteiger partial charge in [0, 0.05) is 51.1 Å². The van der Waals surface area contributed by atoms with Crippen molar-refractivity contribution >= 4 is 11.5 Å². The summed E-state index contributed by atoms with van der Waals surface area (Å²) in [5.74, 6) is 1.87. The number of pyridine rings is 1. The van der Waals surface area contributed by atoms with Gasteiger partial charge in [-0.3, -0.25) is 0 Å². The van der Waals surface area contributed by atoms with E-state index in [0.29, 0.717) is 18.3 Å². The van der Waals surface area contributed by atoms with Gasteiger partial charge in [0.05, 0.1) is 18.0 Å². The molecule has 0 amide bonds. The Morgan fingerprint density at radius 3 is 3.08 bits per heavy atom. The minimum atomic E-state index is 0.340. The number of nitrogens with one attached hydrogen (secondary N) is 1. The minimum absolute atomic E-state index is 0.340. The number of nitrogens with zero attached hydrogens (tertiary/aromatic N) is 4. The lowest BCUT2D eigenvalue weighted by Gasteiger charge is -2.12. The second-order valence-electron chi connectivity index (χ2n) is 6.46. The Bertz CT molecular complexity index is 840. The molecule has 136 valence electrons. The zero-order valence-electron chi connectivity index (χ0n) is 14.9. The molecule has 1 N–H and O–H groups in total. The van der Waals surface area contributed by atoms with E-state index in [9.17, 15) is 0 Å². The molecule has 0 saturated carbocycles. The molecule has 26 heavy (non-hydrogen) atoms. The molecule has 4 heterocycles. The lowest BCUT2D eigenvalue weighted by molar-refractivity contribution is 0.177. The topological polar surface area (TPSA) is 73.6 Å². The van der Waals surface area contributed by atoms with Gasteiger partial charge in [-0.15, -0.1) is 0 Å². The molecular weight excluding hydrogens is 330 g/mol. The van der Waals surface area contributed by atoms with Gasteiger partial charge < -0.3 is 19.2 Å². The predicted molar refractivity (Wildman–Crippen MR) is 98.3 cm³/mol. The largest absolute Gasteiger partial charge is 0.381 e. The van der Waals surface area contributed by atoms with Crippen LogP contribution in [0.3, 0.4) is 0 Å². The van der Waals surface area contributed by atoms with Crippen LogP contribution in [0.4, 0.5) is 5.82 Å². The molecule has 0 aliphatic carbocycles. The molecule has 0 spiro atoms. The van der Waals surface area contributed by atoms with Gasteiger partial charge in [0.15, 0.2) is 5.82 Å². The molecule has 7 heteroatoms. The average Bonchev–Trinajstić information content (AvgIpc) is 3.31. The number of hydrogen-bond donors (Lipinski definition) is 1. The summed E-state index contributed by atoms with van der Waals surface area (Å²) in [5.41, 5.74) is 3.05. The van der Waals surface area contributed by atoms with Crippen molar-refractivity contribution in [2.75, 3.05) is 32.2 Å². The van der Waals surface area contributed by atoms with Crippen LogP contribution in [0.15, 0.2) is 36.7 Å². The Labute approximate surface area is 152 Å². The first-order valence-electron chi connectivity index (χ1n) is 8.93. The van der Waals surface area contributed by atoms with Crippen LogP contribution < -0.4 is 5.32 Å². The van der Waals surface area contributed by atoms with Crippen LogP contribution in [0.1, 0.15) is 29.6 Å². The zero-order valence-corrected chi connectivity index (χ0v) is 14.9. The fourth-order valence-electron chi connectivity index (χ4n) is 3.21. The average molecular weight is 353 g/mol. The summed E-state index contributed by atoms with van der Waals surface area (Å²) in [4.78, 5) is 13.8. The van der Waals surface area contributed by atoms with Gasteiger partial charge in [-0.05, 0) is 18.6 Å². The standard InChI is InChI=1S/C19H23N5O2/c1-25-13-18-22-16(14-6-9-26-12-14)10-17(23-18)20-7-5-15-11-24-8-3-2-4-19(24)21-15/h2-4,8,10-11,14H,5-7,9,12-13H2,1H3,(H,20,22,23)/t14-/m0/s1. The lowest BCUT2D eigenvalue weighted by atomic mass is 10.0. The number of hydrogen-bond acceptors (Lipinski definition) is 6. The first kappa shape index (κ1) is 16.9. The molecule has 0 aromatic carbocycles. The molecule has 0 radical (unpaired) electrons. The molecule has 0 unspecified atom stereocenters. The van der Waals surface area contributed by atoms with E-state index in [1.807, 2.05) is 34.9 Å². The van der Waals surface area contributed by atoms with Crippen LogP contribution in [-0.2, 0) is 22.5 Å². The Hall–Kier alpha value is -2.51. The molecule has 0 bridgehead atoms. The van der Waals surface area contributed by atoms with Crippen molar-refractivity contribution in [3.8, 4) is 0 Å². The van der Waals surface area contributed by atoms with Crippen molar-refractivity contribution < 1.29 is 9.47 Å². The molecule has 7 nitrogen and oxygen atoms in total. The van der Waals surface area contributed by atoms with E-state index in [4.69, 9.17) is 9.47 Å². The Balaban J connectivity index is 1.44. The number of rotatable bonds is 7. The molecular formula is C19H23N5O2. The lowest BCUT2D eigenvalue weighted by Crippen LogP contribution is -2.12. The highest BCUT2D eigenvalue weighted by atomic mass is 16.5.